The number of fused-ring (bicyclic) bond motifs is 1. The number of rotatable bonds is 8. The summed E-state index contributed by atoms with van der Waals surface area (Å²) >= 11 is 1.60. The van der Waals surface area contributed by atoms with Crippen LogP contribution < -0.4 is 14.8 Å². The fourth-order valence-corrected chi connectivity index (χ4v) is 3.49. The zero-order chi connectivity index (χ0) is 20.1. The minimum Gasteiger partial charge on any atom is -0.494 e. The van der Waals surface area contributed by atoms with Crippen molar-refractivity contribution in [3.05, 3.63) is 66.3 Å². The first kappa shape index (κ1) is 19.0. The van der Waals surface area contributed by atoms with Gasteiger partial charge in [0.15, 0.2) is 11.6 Å². The number of benzene rings is 2. The van der Waals surface area contributed by atoms with Crippen molar-refractivity contribution in [3.63, 3.8) is 0 Å². The van der Waals surface area contributed by atoms with E-state index in [2.05, 4.69) is 17.2 Å². The van der Waals surface area contributed by atoms with Crippen LogP contribution in [0.3, 0.4) is 0 Å². The van der Waals surface area contributed by atoms with Gasteiger partial charge in [0.05, 0.1) is 12.3 Å². The van der Waals surface area contributed by atoms with E-state index in [9.17, 15) is 4.79 Å². The average Bonchev–Trinajstić information content (AvgIpc) is 3.34. The molecule has 148 valence electrons. The second-order valence-corrected chi connectivity index (χ2v) is 7.33. The molecule has 1 N–H and O–H groups in total. The molecule has 0 aliphatic heterocycles. The Hall–Kier alpha value is -3.32. The molecule has 0 saturated heterocycles. The van der Waals surface area contributed by atoms with Gasteiger partial charge in [0, 0.05) is 29.0 Å². The highest BCUT2D eigenvalue weighted by Gasteiger charge is 2.07. The van der Waals surface area contributed by atoms with E-state index in [0.29, 0.717) is 18.0 Å². The van der Waals surface area contributed by atoms with Gasteiger partial charge in [-0.1, -0.05) is 19.1 Å². The van der Waals surface area contributed by atoms with E-state index >= 15 is 0 Å². The van der Waals surface area contributed by atoms with E-state index in [1.54, 1.807) is 23.5 Å². The quantitative estimate of drug-likeness (QED) is 0.453. The van der Waals surface area contributed by atoms with Crippen LogP contribution in [-0.2, 0) is 4.79 Å². The van der Waals surface area contributed by atoms with E-state index in [0.717, 1.165) is 28.4 Å². The summed E-state index contributed by atoms with van der Waals surface area (Å²) in [4.78, 5) is 17.7. The Morgan fingerprint density at radius 2 is 1.79 bits per heavy atom. The summed E-state index contributed by atoms with van der Waals surface area (Å²) in [6, 6.07) is 14.9. The number of nitrogens with zero attached hydrogens (tertiary/aromatic N) is 2. The molecule has 2 aromatic heterocycles. The molecule has 0 fully saturated rings. The molecule has 0 aliphatic rings. The topological polar surface area (TPSA) is 64.9 Å². The molecule has 4 aromatic rings. The Labute approximate surface area is 172 Å². The normalized spacial score (nSPS) is 10.8. The molecule has 0 atom stereocenters. The van der Waals surface area contributed by atoms with Crippen molar-refractivity contribution in [2.75, 3.05) is 18.5 Å². The van der Waals surface area contributed by atoms with Gasteiger partial charge in [-0.15, -0.1) is 11.3 Å². The van der Waals surface area contributed by atoms with Gasteiger partial charge in [-0.25, -0.2) is 4.98 Å². The predicted octanol–water partition coefficient (Wildman–Crippen LogP) is 4.87. The van der Waals surface area contributed by atoms with Crippen LogP contribution in [0.1, 0.15) is 13.3 Å². The highest BCUT2D eigenvalue weighted by atomic mass is 32.1. The summed E-state index contributed by atoms with van der Waals surface area (Å²) in [6.45, 7) is 2.68. The summed E-state index contributed by atoms with van der Waals surface area (Å²) in [6.07, 6.45) is 4.93. The summed E-state index contributed by atoms with van der Waals surface area (Å²) < 4.78 is 13.1. The van der Waals surface area contributed by atoms with Crippen molar-refractivity contribution in [2.24, 2.45) is 0 Å². The van der Waals surface area contributed by atoms with E-state index < -0.39 is 0 Å². The molecular formula is C22H21N3O3S. The minimum absolute atomic E-state index is 0.0613. The van der Waals surface area contributed by atoms with Crippen LogP contribution in [-0.4, -0.2) is 28.5 Å². The lowest BCUT2D eigenvalue weighted by atomic mass is 10.1. The minimum atomic E-state index is -0.216. The van der Waals surface area contributed by atoms with Crippen molar-refractivity contribution in [1.82, 2.24) is 9.38 Å². The third kappa shape index (κ3) is 4.75. The lowest BCUT2D eigenvalue weighted by Gasteiger charge is -2.09. The van der Waals surface area contributed by atoms with Crippen LogP contribution in [0.2, 0.25) is 0 Å². The Balaban J connectivity index is 1.29. The van der Waals surface area contributed by atoms with E-state index in [-0.39, 0.29) is 12.5 Å². The standard InChI is InChI=1S/C22H21N3O3S/c1-2-12-27-18-7-9-19(10-8-18)28-15-21(26)23-17-5-3-16(4-6-17)20-14-25-11-13-29-22(25)24-20/h3-11,13-14H,2,12,15H2,1H3,(H,23,26). The third-order valence-electron chi connectivity index (χ3n) is 4.22. The van der Waals surface area contributed by atoms with Gasteiger partial charge in [0.25, 0.3) is 5.91 Å². The Bertz CT molecular complexity index is 1060. The fraction of sp³-hybridized carbons (Fsp3) is 0.182. The van der Waals surface area contributed by atoms with E-state index in [1.165, 1.54) is 0 Å². The molecule has 2 aromatic carbocycles. The zero-order valence-corrected chi connectivity index (χ0v) is 16.8. The largest absolute Gasteiger partial charge is 0.494 e. The van der Waals surface area contributed by atoms with Gasteiger partial charge >= 0.3 is 0 Å². The summed E-state index contributed by atoms with van der Waals surface area (Å²) in [5.74, 6) is 1.20. The number of hydrogen-bond acceptors (Lipinski definition) is 5. The van der Waals surface area contributed by atoms with Crippen LogP contribution in [0, 0.1) is 0 Å². The number of anilines is 1. The predicted molar refractivity (Wildman–Crippen MR) is 115 cm³/mol. The number of ether oxygens (including phenoxy) is 2. The molecule has 0 unspecified atom stereocenters. The molecule has 0 saturated carbocycles. The van der Waals surface area contributed by atoms with Crippen molar-refractivity contribution in [2.45, 2.75) is 13.3 Å². The Morgan fingerprint density at radius 1 is 1.07 bits per heavy atom. The van der Waals surface area contributed by atoms with Crippen LogP contribution in [0.5, 0.6) is 11.5 Å². The molecule has 4 rings (SSSR count). The molecule has 0 bridgehead atoms. The van der Waals surface area contributed by atoms with Gasteiger partial charge in [0.1, 0.15) is 11.5 Å². The first-order valence-corrected chi connectivity index (χ1v) is 10.3. The second kappa shape index (κ2) is 8.79. The maximum absolute atomic E-state index is 12.2. The summed E-state index contributed by atoms with van der Waals surface area (Å²) in [5.41, 5.74) is 2.62. The lowest BCUT2D eigenvalue weighted by Crippen LogP contribution is -2.20. The van der Waals surface area contributed by atoms with Gasteiger partial charge in [-0.2, -0.15) is 0 Å². The van der Waals surface area contributed by atoms with Crippen molar-refractivity contribution >= 4 is 27.9 Å². The summed E-state index contributed by atoms with van der Waals surface area (Å²) in [5, 5.41) is 4.84. The molecule has 0 radical (unpaired) electrons. The van der Waals surface area contributed by atoms with Gasteiger partial charge in [-0.05, 0) is 42.8 Å². The Kier molecular flexibility index (Phi) is 5.76. The van der Waals surface area contributed by atoms with E-state index in [4.69, 9.17) is 9.47 Å². The molecule has 0 aliphatic carbocycles. The first-order valence-electron chi connectivity index (χ1n) is 9.39. The van der Waals surface area contributed by atoms with E-state index in [1.807, 2.05) is 58.6 Å². The Morgan fingerprint density at radius 3 is 2.48 bits per heavy atom. The summed E-state index contributed by atoms with van der Waals surface area (Å²) in [7, 11) is 0. The number of carbonyl (C=O) groups is 1. The van der Waals surface area contributed by atoms with Gasteiger partial charge in [0.2, 0.25) is 0 Å². The van der Waals surface area contributed by atoms with Gasteiger partial charge in [-0.3, -0.25) is 9.20 Å². The number of thiazole rings is 1. The lowest BCUT2D eigenvalue weighted by molar-refractivity contribution is -0.118. The number of aromatic nitrogens is 2. The fourth-order valence-electron chi connectivity index (χ4n) is 2.79. The molecule has 6 nitrogen and oxygen atoms in total. The smallest absolute Gasteiger partial charge is 0.262 e. The molecule has 0 spiro atoms. The molecule has 29 heavy (non-hydrogen) atoms. The number of nitrogens with one attached hydrogen (secondary N) is 1. The maximum Gasteiger partial charge on any atom is 0.262 e. The first-order chi connectivity index (χ1) is 14.2. The molecule has 1 amide bonds. The second-order valence-electron chi connectivity index (χ2n) is 6.45. The zero-order valence-electron chi connectivity index (χ0n) is 16.0. The van der Waals surface area contributed by atoms with Crippen molar-refractivity contribution in [1.29, 1.82) is 0 Å². The average molecular weight is 407 g/mol. The monoisotopic (exact) mass is 407 g/mol. The van der Waals surface area contributed by atoms with Crippen molar-refractivity contribution in [3.8, 4) is 22.8 Å². The van der Waals surface area contributed by atoms with Crippen LogP contribution in [0.25, 0.3) is 16.2 Å². The highest BCUT2D eigenvalue weighted by Crippen LogP contribution is 2.23. The number of amides is 1. The third-order valence-corrected chi connectivity index (χ3v) is 4.99. The number of carbonyl (C=O) groups excluding carboxylic acids is 1. The molecule has 2 heterocycles. The van der Waals surface area contributed by atoms with Crippen LogP contribution in [0.15, 0.2) is 66.3 Å². The van der Waals surface area contributed by atoms with Crippen LogP contribution in [0.4, 0.5) is 5.69 Å². The van der Waals surface area contributed by atoms with Gasteiger partial charge < -0.3 is 14.8 Å². The molecule has 7 heteroatoms. The molecular weight excluding hydrogens is 386 g/mol. The SMILES string of the molecule is CCCOc1ccc(OCC(=O)Nc2ccc(-c3cn4ccsc4n3)cc2)cc1. The number of imidazole rings is 1. The maximum atomic E-state index is 12.2. The number of hydrogen-bond donors (Lipinski definition) is 1. The van der Waals surface area contributed by atoms with Crippen molar-refractivity contribution < 1.29 is 14.3 Å². The van der Waals surface area contributed by atoms with Crippen LogP contribution >= 0.6 is 11.3 Å². The highest BCUT2D eigenvalue weighted by molar-refractivity contribution is 7.15.